The number of carbonyl (C=O) groups excluding carboxylic acids is 2. The Morgan fingerprint density at radius 3 is 2.43 bits per heavy atom. The normalized spacial score (nSPS) is 15.8. The second-order valence-electron chi connectivity index (χ2n) is 6.59. The van der Waals surface area contributed by atoms with Gasteiger partial charge in [0.1, 0.15) is 17.5 Å². The summed E-state index contributed by atoms with van der Waals surface area (Å²) < 4.78 is 5.65. The first-order valence-electron chi connectivity index (χ1n) is 9.20. The van der Waals surface area contributed by atoms with Crippen molar-refractivity contribution in [2.45, 2.75) is 18.9 Å². The topological polar surface area (TPSA) is 88.2 Å². The summed E-state index contributed by atoms with van der Waals surface area (Å²) in [7, 11) is 1.72. The number of anilines is 1. The van der Waals surface area contributed by atoms with Crippen LogP contribution in [0.4, 0.5) is 5.69 Å². The fraction of sp³-hybridized carbons (Fsp3) is 0.286. The van der Waals surface area contributed by atoms with Crippen LogP contribution in [0.15, 0.2) is 65.8 Å². The summed E-state index contributed by atoms with van der Waals surface area (Å²) in [6.45, 7) is 1.03. The Kier molecular flexibility index (Phi) is 6.26. The Morgan fingerprint density at radius 2 is 1.79 bits per heavy atom. The first-order valence-corrected chi connectivity index (χ1v) is 9.20. The molecule has 7 nitrogen and oxygen atoms in total. The van der Waals surface area contributed by atoms with E-state index in [9.17, 15) is 9.59 Å². The third-order valence-electron chi connectivity index (χ3n) is 4.50. The van der Waals surface area contributed by atoms with Crippen LogP contribution in [0.3, 0.4) is 0 Å². The Labute approximate surface area is 164 Å². The van der Waals surface area contributed by atoms with Crippen molar-refractivity contribution in [3.8, 4) is 5.75 Å². The molecule has 2 N–H and O–H groups in total. The summed E-state index contributed by atoms with van der Waals surface area (Å²) in [6.07, 6.45) is 0.889. The maximum Gasteiger partial charge on any atom is 0.269 e. The molecule has 1 aliphatic rings. The molecule has 0 saturated heterocycles. The quantitative estimate of drug-likeness (QED) is 0.710. The van der Waals surface area contributed by atoms with Crippen molar-refractivity contribution in [2.75, 3.05) is 25.2 Å². The molecular weight excluding hydrogens is 356 g/mol. The number of hydrazone groups is 1. The lowest BCUT2D eigenvalue weighted by Crippen LogP contribution is -2.40. The maximum atomic E-state index is 12.7. The van der Waals surface area contributed by atoms with E-state index in [1.165, 1.54) is 5.01 Å². The number of nitrogens with zero attached hydrogens (tertiary/aromatic N) is 3. The highest BCUT2D eigenvalue weighted by atomic mass is 16.5. The van der Waals surface area contributed by atoms with E-state index in [1.54, 1.807) is 11.9 Å². The highest BCUT2D eigenvalue weighted by Gasteiger charge is 2.35. The molecule has 0 aliphatic carbocycles. The summed E-state index contributed by atoms with van der Waals surface area (Å²) in [5.74, 6) is 0.0955. The van der Waals surface area contributed by atoms with Crippen LogP contribution in [-0.2, 0) is 9.59 Å². The van der Waals surface area contributed by atoms with Crippen LogP contribution in [0.25, 0.3) is 0 Å². The van der Waals surface area contributed by atoms with E-state index in [2.05, 4.69) is 5.10 Å². The fourth-order valence-electron chi connectivity index (χ4n) is 3.01. The standard InChI is InChI=1S/C21H24N4O3/c1-24(13-8-14-28-17-11-6-3-7-12-17)21(27)18-15-19(20(22)26)25(23-18)16-9-4-2-5-10-16/h2-7,9-12,19H,8,13-15H2,1H3,(H2,22,26). The van der Waals surface area contributed by atoms with Gasteiger partial charge in [0.25, 0.3) is 5.91 Å². The van der Waals surface area contributed by atoms with E-state index >= 15 is 0 Å². The number of amides is 2. The van der Waals surface area contributed by atoms with Crippen LogP contribution in [0.5, 0.6) is 5.75 Å². The summed E-state index contributed by atoms with van der Waals surface area (Å²) in [4.78, 5) is 26.2. The summed E-state index contributed by atoms with van der Waals surface area (Å²) in [5, 5.41) is 5.91. The monoisotopic (exact) mass is 380 g/mol. The van der Waals surface area contributed by atoms with E-state index < -0.39 is 11.9 Å². The van der Waals surface area contributed by atoms with Gasteiger partial charge in [-0.3, -0.25) is 14.6 Å². The molecule has 0 saturated carbocycles. The minimum atomic E-state index is -0.656. The highest BCUT2D eigenvalue weighted by Crippen LogP contribution is 2.24. The fourth-order valence-corrected chi connectivity index (χ4v) is 3.01. The SMILES string of the molecule is CN(CCCOc1ccccc1)C(=O)C1=NN(c2ccccc2)C(C(N)=O)C1. The summed E-state index contributed by atoms with van der Waals surface area (Å²) in [6, 6.07) is 18.1. The predicted molar refractivity (Wildman–Crippen MR) is 108 cm³/mol. The number of hydrogen-bond donors (Lipinski definition) is 1. The zero-order valence-electron chi connectivity index (χ0n) is 15.8. The molecule has 0 bridgehead atoms. The zero-order valence-corrected chi connectivity index (χ0v) is 15.8. The second kappa shape index (κ2) is 9.03. The van der Waals surface area contributed by atoms with Gasteiger partial charge in [0.05, 0.1) is 12.3 Å². The maximum absolute atomic E-state index is 12.7. The van der Waals surface area contributed by atoms with Gasteiger partial charge in [-0.1, -0.05) is 36.4 Å². The molecule has 1 atom stereocenters. The van der Waals surface area contributed by atoms with Crippen molar-refractivity contribution < 1.29 is 14.3 Å². The first kappa shape index (κ1) is 19.4. The number of nitrogens with two attached hydrogens (primary N) is 1. The number of ether oxygens (including phenoxy) is 1. The molecule has 2 aromatic rings. The van der Waals surface area contributed by atoms with E-state index in [-0.39, 0.29) is 12.3 Å². The van der Waals surface area contributed by atoms with E-state index in [0.717, 1.165) is 11.4 Å². The Balaban J connectivity index is 1.57. The van der Waals surface area contributed by atoms with Gasteiger partial charge in [-0.2, -0.15) is 5.10 Å². The molecule has 0 spiro atoms. The van der Waals surface area contributed by atoms with Crippen LogP contribution in [0.1, 0.15) is 12.8 Å². The predicted octanol–water partition coefficient (Wildman–Crippen LogP) is 2.03. The van der Waals surface area contributed by atoms with Gasteiger partial charge in [0.15, 0.2) is 0 Å². The van der Waals surface area contributed by atoms with Gasteiger partial charge in [-0.15, -0.1) is 0 Å². The molecule has 0 fully saturated rings. The number of carbonyl (C=O) groups is 2. The minimum Gasteiger partial charge on any atom is -0.494 e. The average molecular weight is 380 g/mol. The van der Waals surface area contributed by atoms with Crippen LogP contribution >= 0.6 is 0 Å². The minimum absolute atomic E-state index is 0.202. The molecule has 7 heteroatoms. The Morgan fingerprint density at radius 1 is 1.14 bits per heavy atom. The second-order valence-corrected chi connectivity index (χ2v) is 6.59. The van der Waals surface area contributed by atoms with E-state index in [1.807, 2.05) is 60.7 Å². The van der Waals surface area contributed by atoms with E-state index in [4.69, 9.17) is 10.5 Å². The van der Waals surface area contributed by atoms with Gasteiger partial charge >= 0.3 is 0 Å². The van der Waals surface area contributed by atoms with Crippen molar-refractivity contribution in [1.29, 1.82) is 0 Å². The molecule has 1 aliphatic heterocycles. The van der Waals surface area contributed by atoms with Crippen LogP contribution in [0, 0.1) is 0 Å². The Hall–Kier alpha value is -3.35. The van der Waals surface area contributed by atoms with Gasteiger partial charge in [-0.05, 0) is 30.7 Å². The molecular formula is C21H24N4O3. The van der Waals surface area contributed by atoms with Gasteiger partial charge < -0.3 is 15.4 Å². The number of benzene rings is 2. The lowest BCUT2D eigenvalue weighted by atomic mass is 10.1. The number of para-hydroxylation sites is 2. The number of rotatable bonds is 8. The van der Waals surface area contributed by atoms with Gasteiger partial charge in [-0.25, -0.2) is 0 Å². The highest BCUT2D eigenvalue weighted by molar-refractivity contribution is 6.40. The number of primary amides is 1. The van der Waals surface area contributed by atoms with Crippen molar-refractivity contribution in [1.82, 2.24) is 4.90 Å². The lowest BCUT2D eigenvalue weighted by molar-refractivity contribution is -0.123. The lowest BCUT2D eigenvalue weighted by Gasteiger charge is -2.20. The largest absolute Gasteiger partial charge is 0.494 e. The van der Waals surface area contributed by atoms with E-state index in [0.29, 0.717) is 25.3 Å². The molecule has 1 unspecified atom stereocenters. The van der Waals surface area contributed by atoms with Gasteiger partial charge in [0.2, 0.25) is 5.91 Å². The molecule has 2 aromatic carbocycles. The van der Waals surface area contributed by atoms with Crippen molar-refractivity contribution in [3.05, 3.63) is 60.7 Å². The summed E-state index contributed by atoms with van der Waals surface area (Å²) >= 11 is 0. The van der Waals surface area contributed by atoms with Crippen LogP contribution in [-0.4, -0.2) is 48.7 Å². The van der Waals surface area contributed by atoms with Crippen molar-refractivity contribution >= 4 is 23.2 Å². The zero-order chi connectivity index (χ0) is 19.9. The van der Waals surface area contributed by atoms with Gasteiger partial charge in [0, 0.05) is 20.0 Å². The summed E-state index contributed by atoms with van der Waals surface area (Å²) in [5.41, 5.74) is 6.58. The number of hydrogen-bond acceptors (Lipinski definition) is 5. The average Bonchev–Trinajstić information content (AvgIpc) is 3.18. The molecule has 0 aromatic heterocycles. The third kappa shape index (κ3) is 4.68. The van der Waals surface area contributed by atoms with Crippen molar-refractivity contribution in [2.24, 2.45) is 10.8 Å². The molecule has 28 heavy (non-hydrogen) atoms. The third-order valence-corrected chi connectivity index (χ3v) is 4.50. The van der Waals surface area contributed by atoms with Crippen molar-refractivity contribution in [3.63, 3.8) is 0 Å². The molecule has 3 rings (SSSR count). The Bertz CT molecular complexity index is 839. The molecule has 1 heterocycles. The molecule has 146 valence electrons. The first-order chi connectivity index (χ1) is 13.6. The van der Waals surface area contributed by atoms with Crippen LogP contribution < -0.4 is 15.5 Å². The smallest absolute Gasteiger partial charge is 0.269 e. The molecule has 2 amide bonds. The molecule has 0 radical (unpaired) electrons. The van der Waals surface area contributed by atoms with Crippen LogP contribution in [0.2, 0.25) is 0 Å².